The van der Waals surface area contributed by atoms with Crippen LogP contribution in [0, 0.1) is 0 Å². The van der Waals surface area contributed by atoms with Crippen LogP contribution in [0.3, 0.4) is 0 Å². The maximum absolute atomic E-state index is 6.07. The molecular weight excluding hydrogens is 446 g/mol. The molecule has 0 radical (unpaired) electrons. The summed E-state index contributed by atoms with van der Waals surface area (Å²) in [5, 5.41) is 2.14. The highest BCUT2D eigenvalue weighted by Crippen LogP contribution is 2.39. The molecule has 18 heavy (non-hydrogen) atoms. The number of hydrogen-bond acceptors (Lipinski definition) is 0. The summed E-state index contributed by atoms with van der Waals surface area (Å²) in [7, 11) is 0. The highest BCUT2D eigenvalue weighted by molar-refractivity contribution is 9.11. The quantitative estimate of drug-likeness (QED) is 0.396. The molecule has 0 aromatic heterocycles. The smallest absolute Gasteiger partial charge is 0.0569 e. The fraction of sp³-hybridized carbons (Fsp3) is 0. The number of rotatable bonds is 1. The van der Waals surface area contributed by atoms with Gasteiger partial charge < -0.3 is 0 Å². The molecule has 0 saturated carbocycles. The van der Waals surface area contributed by atoms with Crippen LogP contribution in [0.4, 0.5) is 0 Å². The van der Waals surface area contributed by atoms with Gasteiger partial charge in [0.25, 0.3) is 0 Å². The molecule has 0 atom stereocenters. The van der Waals surface area contributed by atoms with Crippen LogP contribution in [-0.4, -0.2) is 0 Å². The van der Waals surface area contributed by atoms with Crippen LogP contribution in [0.1, 0.15) is 0 Å². The Balaban J connectivity index is 2.63. The van der Waals surface area contributed by atoms with Crippen LogP contribution in [0.2, 0.25) is 20.1 Å². The van der Waals surface area contributed by atoms with E-state index in [-0.39, 0.29) is 0 Å². The van der Waals surface area contributed by atoms with Gasteiger partial charge in [-0.25, -0.2) is 0 Å². The molecular formula is C12H4Br2Cl4. The SMILES string of the molecule is Clc1cc(-c2cc(Cl)c(Br)c(Cl)c2)cc(Cl)c1Br. The van der Waals surface area contributed by atoms with Gasteiger partial charge in [-0.3, -0.25) is 0 Å². The van der Waals surface area contributed by atoms with E-state index in [1.165, 1.54) is 0 Å². The molecule has 0 fully saturated rings. The zero-order chi connectivity index (χ0) is 13.4. The third-order valence-electron chi connectivity index (χ3n) is 2.30. The molecule has 0 amide bonds. The Hall–Kier alpha value is 0.560. The van der Waals surface area contributed by atoms with Gasteiger partial charge in [0.1, 0.15) is 0 Å². The second-order valence-electron chi connectivity index (χ2n) is 3.51. The summed E-state index contributed by atoms with van der Waals surface area (Å²) >= 11 is 30.9. The summed E-state index contributed by atoms with van der Waals surface area (Å²) in [6.45, 7) is 0. The number of benzene rings is 2. The summed E-state index contributed by atoms with van der Waals surface area (Å²) in [5.74, 6) is 0. The Labute approximate surface area is 141 Å². The molecule has 0 spiro atoms. The molecule has 0 saturated heterocycles. The molecule has 2 aromatic rings. The molecule has 0 aliphatic carbocycles. The van der Waals surface area contributed by atoms with E-state index in [0.717, 1.165) is 11.1 Å². The topological polar surface area (TPSA) is 0 Å². The summed E-state index contributed by atoms with van der Waals surface area (Å²) in [6.07, 6.45) is 0. The van der Waals surface area contributed by atoms with E-state index in [2.05, 4.69) is 31.9 Å². The summed E-state index contributed by atoms with van der Waals surface area (Å²) in [4.78, 5) is 0. The predicted molar refractivity (Wildman–Crippen MR) is 87.3 cm³/mol. The van der Waals surface area contributed by atoms with Crippen molar-refractivity contribution in [3.05, 3.63) is 53.3 Å². The molecule has 2 aromatic carbocycles. The zero-order valence-electron chi connectivity index (χ0n) is 8.58. The van der Waals surface area contributed by atoms with E-state index in [0.29, 0.717) is 29.0 Å². The first-order valence-electron chi connectivity index (χ1n) is 4.69. The van der Waals surface area contributed by atoms with Crippen LogP contribution < -0.4 is 0 Å². The van der Waals surface area contributed by atoms with Gasteiger partial charge in [0.2, 0.25) is 0 Å². The molecule has 0 nitrogen and oxygen atoms in total. The van der Waals surface area contributed by atoms with Gasteiger partial charge in [-0.2, -0.15) is 0 Å². The van der Waals surface area contributed by atoms with Crippen LogP contribution in [0.25, 0.3) is 11.1 Å². The van der Waals surface area contributed by atoms with Crippen LogP contribution >= 0.6 is 78.3 Å². The summed E-state index contributed by atoms with van der Waals surface area (Å²) in [5.41, 5.74) is 1.70. The number of halogens is 6. The second kappa shape index (κ2) is 5.90. The molecule has 0 aliphatic rings. The fourth-order valence-electron chi connectivity index (χ4n) is 1.44. The normalized spacial score (nSPS) is 10.8. The van der Waals surface area contributed by atoms with Crippen molar-refractivity contribution in [1.82, 2.24) is 0 Å². The fourth-order valence-corrected chi connectivity index (χ4v) is 2.88. The Morgan fingerprint density at radius 3 is 1.00 bits per heavy atom. The second-order valence-corrected chi connectivity index (χ2v) is 6.72. The maximum atomic E-state index is 6.07. The molecule has 0 aliphatic heterocycles. The largest absolute Gasteiger partial charge is 0.0830 e. The molecule has 94 valence electrons. The lowest BCUT2D eigenvalue weighted by atomic mass is 10.1. The Morgan fingerprint density at radius 2 is 0.778 bits per heavy atom. The molecule has 0 N–H and O–H groups in total. The highest BCUT2D eigenvalue weighted by Gasteiger charge is 2.10. The standard InChI is InChI=1S/C12H4Br2Cl4/c13-11-7(15)1-5(2-8(11)16)6-3-9(17)12(14)10(18)4-6/h1-4H. The highest BCUT2D eigenvalue weighted by atomic mass is 79.9. The third-order valence-corrected chi connectivity index (χ3v) is 6.12. The predicted octanol–water partition coefficient (Wildman–Crippen LogP) is 7.49. The lowest BCUT2D eigenvalue weighted by Crippen LogP contribution is -1.83. The zero-order valence-corrected chi connectivity index (χ0v) is 14.8. The van der Waals surface area contributed by atoms with E-state index < -0.39 is 0 Å². The number of hydrogen-bond donors (Lipinski definition) is 0. The minimum atomic E-state index is 0.535. The van der Waals surface area contributed by atoms with E-state index in [4.69, 9.17) is 46.4 Å². The van der Waals surface area contributed by atoms with Crippen molar-refractivity contribution in [3.63, 3.8) is 0 Å². The minimum Gasteiger partial charge on any atom is -0.0830 e. The van der Waals surface area contributed by atoms with Gasteiger partial charge in [-0.15, -0.1) is 0 Å². The summed E-state index contributed by atoms with van der Waals surface area (Å²) < 4.78 is 1.34. The van der Waals surface area contributed by atoms with Crippen molar-refractivity contribution in [1.29, 1.82) is 0 Å². The van der Waals surface area contributed by atoms with Crippen LogP contribution in [0.5, 0.6) is 0 Å². The van der Waals surface area contributed by atoms with Crippen LogP contribution in [0.15, 0.2) is 33.2 Å². The molecule has 0 bridgehead atoms. The monoisotopic (exact) mass is 446 g/mol. The first kappa shape index (κ1) is 15.0. The van der Waals surface area contributed by atoms with Crippen LogP contribution in [-0.2, 0) is 0 Å². The van der Waals surface area contributed by atoms with Crippen molar-refractivity contribution in [2.45, 2.75) is 0 Å². The van der Waals surface area contributed by atoms with Gasteiger partial charge in [0, 0.05) is 0 Å². The maximum Gasteiger partial charge on any atom is 0.0569 e. The van der Waals surface area contributed by atoms with E-state index in [1.807, 2.05) is 0 Å². The molecule has 2 rings (SSSR count). The third kappa shape index (κ3) is 3.00. The first-order valence-corrected chi connectivity index (χ1v) is 7.79. The average molecular weight is 450 g/mol. The Bertz CT molecular complexity index is 524. The summed E-state index contributed by atoms with van der Waals surface area (Å²) in [6, 6.07) is 7.20. The van der Waals surface area contributed by atoms with E-state index >= 15 is 0 Å². The van der Waals surface area contributed by atoms with Gasteiger partial charge in [-0.05, 0) is 67.3 Å². The van der Waals surface area contributed by atoms with E-state index in [1.54, 1.807) is 24.3 Å². The lowest BCUT2D eigenvalue weighted by molar-refractivity contribution is 1.57. The van der Waals surface area contributed by atoms with Gasteiger partial charge in [0.15, 0.2) is 0 Å². The van der Waals surface area contributed by atoms with Crippen molar-refractivity contribution >= 4 is 78.3 Å². The molecule has 0 unspecified atom stereocenters. The minimum absolute atomic E-state index is 0.535. The van der Waals surface area contributed by atoms with Crippen molar-refractivity contribution in [2.75, 3.05) is 0 Å². The van der Waals surface area contributed by atoms with Crippen molar-refractivity contribution < 1.29 is 0 Å². The van der Waals surface area contributed by atoms with Crippen molar-refractivity contribution in [2.24, 2.45) is 0 Å². The van der Waals surface area contributed by atoms with Crippen molar-refractivity contribution in [3.8, 4) is 11.1 Å². The van der Waals surface area contributed by atoms with E-state index in [9.17, 15) is 0 Å². The van der Waals surface area contributed by atoms with Gasteiger partial charge in [-0.1, -0.05) is 46.4 Å². The Kier molecular flexibility index (Phi) is 4.91. The first-order chi connectivity index (χ1) is 8.40. The average Bonchev–Trinajstić information content (AvgIpc) is 2.31. The molecule has 0 heterocycles. The molecule has 6 heteroatoms. The van der Waals surface area contributed by atoms with Gasteiger partial charge >= 0.3 is 0 Å². The van der Waals surface area contributed by atoms with Gasteiger partial charge in [0.05, 0.1) is 29.0 Å². The lowest BCUT2D eigenvalue weighted by Gasteiger charge is -2.08. The Morgan fingerprint density at radius 1 is 0.556 bits per heavy atom.